The number of carboxylic acids is 1. The molecule has 0 radical (unpaired) electrons. The van der Waals surface area contributed by atoms with Crippen LogP contribution < -0.4 is 21.3 Å². The normalized spacial score (nSPS) is 12.6. The van der Waals surface area contributed by atoms with E-state index >= 15 is 0 Å². The number of thiophene rings is 1. The van der Waals surface area contributed by atoms with Gasteiger partial charge in [0.05, 0.1) is 32.3 Å². The Balaban J connectivity index is 2.37. The van der Waals surface area contributed by atoms with Crippen LogP contribution in [-0.4, -0.2) is 59.6 Å². The second kappa shape index (κ2) is 12.3. The molecular formula is C27H34FN3O8S. The summed E-state index contributed by atoms with van der Waals surface area (Å²) in [4.78, 5) is 53.0. The number of hydrogen-bond acceptors (Lipinski definition) is 8. The van der Waals surface area contributed by atoms with Crippen molar-refractivity contribution in [2.24, 2.45) is 0 Å². The number of nitrogens with one attached hydrogen (secondary N) is 1. The number of benzene rings is 1. The number of carbonyl (C=O) groups excluding carboxylic acids is 1. The highest BCUT2D eigenvalue weighted by atomic mass is 32.1. The standard InChI is InChI=1S/C27H34FN3O8S/c1-14(2)29-25(35)27(4,5)31-22(32)20-15(3)21(24(33)34)40-23(20)30(26(31)36)13-19(39-11-10-37-6)17-12-16(28)8-9-18(17)38-7/h8-9,12,14,19H,10-11,13H2,1-7H3,(H,29,35)(H,33,34)/t19-/m0/s1. The number of amides is 1. The van der Waals surface area contributed by atoms with Gasteiger partial charge in [0, 0.05) is 18.7 Å². The maximum atomic E-state index is 14.4. The van der Waals surface area contributed by atoms with E-state index in [1.807, 2.05) is 0 Å². The minimum atomic E-state index is -1.64. The number of aromatic nitrogens is 2. The van der Waals surface area contributed by atoms with Gasteiger partial charge in [-0.2, -0.15) is 0 Å². The predicted octanol–water partition coefficient (Wildman–Crippen LogP) is 3.04. The number of fused-ring (bicyclic) bond motifs is 1. The maximum absolute atomic E-state index is 14.4. The van der Waals surface area contributed by atoms with E-state index in [1.54, 1.807) is 13.8 Å². The van der Waals surface area contributed by atoms with Gasteiger partial charge in [0.25, 0.3) is 5.56 Å². The average molecular weight is 580 g/mol. The van der Waals surface area contributed by atoms with E-state index in [0.717, 1.165) is 15.9 Å². The molecule has 218 valence electrons. The van der Waals surface area contributed by atoms with Crippen molar-refractivity contribution < 1.29 is 33.3 Å². The zero-order chi connectivity index (χ0) is 29.9. The van der Waals surface area contributed by atoms with Crippen LogP contribution in [0.1, 0.15) is 54.6 Å². The zero-order valence-electron chi connectivity index (χ0n) is 23.5. The summed E-state index contributed by atoms with van der Waals surface area (Å²) in [5.74, 6) is -2.10. The second-order valence-corrected chi connectivity index (χ2v) is 11.0. The molecule has 2 aromatic heterocycles. The van der Waals surface area contributed by atoms with Crippen molar-refractivity contribution in [3.8, 4) is 5.75 Å². The van der Waals surface area contributed by atoms with Gasteiger partial charge in [0.2, 0.25) is 5.91 Å². The number of aryl methyl sites for hydroxylation is 1. The van der Waals surface area contributed by atoms with Gasteiger partial charge in [0.15, 0.2) is 0 Å². The van der Waals surface area contributed by atoms with Crippen LogP contribution in [0.5, 0.6) is 5.75 Å². The number of nitrogens with zero attached hydrogens (tertiary/aromatic N) is 2. The van der Waals surface area contributed by atoms with Crippen molar-refractivity contribution in [1.82, 2.24) is 14.5 Å². The molecule has 2 heterocycles. The molecule has 2 N–H and O–H groups in total. The highest BCUT2D eigenvalue weighted by Crippen LogP contribution is 2.33. The molecule has 1 atom stereocenters. The van der Waals surface area contributed by atoms with Crippen LogP contribution in [0.15, 0.2) is 27.8 Å². The molecule has 1 amide bonds. The van der Waals surface area contributed by atoms with Crippen LogP contribution in [0.25, 0.3) is 10.2 Å². The molecule has 0 aliphatic heterocycles. The van der Waals surface area contributed by atoms with E-state index in [0.29, 0.717) is 11.3 Å². The van der Waals surface area contributed by atoms with E-state index in [2.05, 4.69) is 5.32 Å². The van der Waals surface area contributed by atoms with Crippen molar-refractivity contribution in [2.45, 2.75) is 58.8 Å². The van der Waals surface area contributed by atoms with E-state index in [1.165, 1.54) is 57.8 Å². The largest absolute Gasteiger partial charge is 0.496 e. The van der Waals surface area contributed by atoms with Crippen molar-refractivity contribution >= 4 is 33.4 Å². The molecule has 0 fully saturated rings. The second-order valence-electron chi connectivity index (χ2n) is 10.0. The first kappa shape index (κ1) is 31.0. The lowest BCUT2D eigenvalue weighted by atomic mass is 10.0. The van der Waals surface area contributed by atoms with E-state index in [4.69, 9.17) is 14.2 Å². The smallest absolute Gasteiger partial charge is 0.346 e. The summed E-state index contributed by atoms with van der Waals surface area (Å²) in [6.07, 6.45) is -0.976. The van der Waals surface area contributed by atoms with E-state index in [9.17, 15) is 28.7 Å². The Morgan fingerprint density at radius 3 is 2.42 bits per heavy atom. The van der Waals surface area contributed by atoms with Crippen LogP contribution in [0.4, 0.5) is 4.39 Å². The molecule has 0 aliphatic carbocycles. The fourth-order valence-corrected chi connectivity index (χ4v) is 5.52. The number of hydrogen-bond donors (Lipinski definition) is 2. The molecule has 1 aromatic carbocycles. The third-order valence-corrected chi connectivity index (χ3v) is 7.74. The fraction of sp³-hybridized carbons (Fsp3) is 0.481. The highest BCUT2D eigenvalue weighted by molar-refractivity contribution is 7.20. The lowest BCUT2D eigenvalue weighted by molar-refractivity contribution is -0.129. The van der Waals surface area contributed by atoms with Crippen LogP contribution in [-0.2, 0) is 26.4 Å². The molecule has 11 nitrogen and oxygen atoms in total. The Morgan fingerprint density at radius 2 is 1.85 bits per heavy atom. The summed E-state index contributed by atoms with van der Waals surface area (Å²) in [6.45, 7) is 7.86. The first-order valence-electron chi connectivity index (χ1n) is 12.5. The number of aromatic carboxylic acids is 1. The maximum Gasteiger partial charge on any atom is 0.346 e. The number of halogens is 1. The van der Waals surface area contributed by atoms with Gasteiger partial charge in [-0.15, -0.1) is 11.3 Å². The molecule has 3 rings (SSSR count). The summed E-state index contributed by atoms with van der Waals surface area (Å²) in [5.41, 5.74) is -2.83. The average Bonchev–Trinajstić information content (AvgIpc) is 3.22. The third-order valence-electron chi connectivity index (χ3n) is 6.43. The third kappa shape index (κ3) is 5.96. The Bertz CT molecular complexity index is 1540. The van der Waals surface area contributed by atoms with E-state index < -0.39 is 40.6 Å². The SMILES string of the molecule is COCCO[C@@H](Cn1c(=O)n(C(C)(C)C(=O)NC(C)C)c(=O)c2c(C)c(C(=O)O)sc21)c1cc(F)ccc1OC. The summed E-state index contributed by atoms with van der Waals surface area (Å²) in [7, 11) is 2.89. The van der Waals surface area contributed by atoms with Gasteiger partial charge in [-0.05, 0) is 58.4 Å². The van der Waals surface area contributed by atoms with Crippen molar-refractivity contribution in [3.05, 3.63) is 60.9 Å². The molecule has 0 bridgehead atoms. The summed E-state index contributed by atoms with van der Waals surface area (Å²) >= 11 is 0.768. The Hall–Kier alpha value is -3.55. The van der Waals surface area contributed by atoms with Gasteiger partial charge in [-0.25, -0.2) is 18.5 Å². The first-order chi connectivity index (χ1) is 18.8. The van der Waals surface area contributed by atoms with E-state index in [-0.39, 0.29) is 46.5 Å². The lowest BCUT2D eigenvalue weighted by Crippen LogP contribution is -2.56. The molecular weight excluding hydrogens is 545 g/mol. The first-order valence-corrected chi connectivity index (χ1v) is 13.4. The van der Waals surface area contributed by atoms with Crippen molar-refractivity contribution in [2.75, 3.05) is 27.4 Å². The zero-order valence-corrected chi connectivity index (χ0v) is 24.3. The molecule has 0 spiro atoms. The summed E-state index contributed by atoms with van der Waals surface area (Å²) in [5, 5.41) is 12.5. The minimum absolute atomic E-state index is 0.00530. The van der Waals surface area contributed by atoms with Gasteiger partial charge in [0.1, 0.15) is 32.9 Å². The van der Waals surface area contributed by atoms with Crippen molar-refractivity contribution in [1.29, 1.82) is 0 Å². The fourth-order valence-electron chi connectivity index (χ4n) is 4.38. The minimum Gasteiger partial charge on any atom is -0.496 e. The molecule has 0 saturated carbocycles. The van der Waals surface area contributed by atoms with Gasteiger partial charge < -0.3 is 24.6 Å². The Morgan fingerprint density at radius 1 is 1.18 bits per heavy atom. The molecule has 0 unspecified atom stereocenters. The van der Waals surface area contributed by atoms with Gasteiger partial charge in [-0.1, -0.05) is 0 Å². The highest BCUT2D eigenvalue weighted by Gasteiger charge is 2.36. The number of methoxy groups -OCH3 is 2. The van der Waals surface area contributed by atoms with Crippen LogP contribution in [0.3, 0.4) is 0 Å². The number of carboxylic acid groups (broad SMARTS) is 1. The Labute approximate surface area is 234 Å². The summed E-state index contributed by atoms with van der Waals surface area (Å²) < 4.78 is 32.9. The van der Waals surface area contributed by atoms with Crippen molar-refractivity contribution in [3.63, 3.8) is 0 Å². The quantitative estimate of drug-likeness (QED) is 0.312. The topological polar surface area (TPSA) is 138 Å². The molecule has 13 heteroatoms. The molecule has 3 aromatic rings. The lowest BCUT2D eigenvalue weighted by Gasteiger charge is -2.28. The monoisotopic (exact) mass is 579 g/mol. The van der Waals surface area contributed by atoms with Gasteiger partial charge in [-0.3, -0.25) is 14.2 Å². The van der Waals surface area contributed by atoms with Crippen LogP contribution >= 0.6 is 11.3 Å². The van der Waals surface area contributed by atoms with Crippen LogP contribution in [0, 0.1) is 12.7 Å². The Kier molecular flexibility index (Phi) is 9.54. The summed E-state index contributed by atoms with van der Waals surface area (Å²) in [6, 6.07) is 3.59. The number of ether oxygens (including phenoxy) is 3. The predicted molar refractivity (Wildman–Crippen MR) is 148 cm³/mol. The molecule has 0 saturated heterocycles. The van der Waals surface area contributed by atoms with Crippen LogP contribution in [0.2, 0.25) is 0 Å². The molecule has 40 heavy (non-hydrogen) atoms. The molecule has 0 aliphatic rings. The van der Waals surface area contributed by atoms with Gasteiger partial charge >= 0.3 is 11.7 Å². The number of rotatable bonds is 12. The number of carbonyl (C=O) groups is 2.